The molecule has 158 valence electrons. The van der Waals surface area contributed by atoms with Gasteiger partial charge in [-0.2, -0.15) is 0 Å². The molecule has 0 saturated heterocycles. The van der Waals surface area contributed by atoms with Crippen LogP contribution >= 0.6 is 22.7 Å². The average molecular weight is 453 g/mol. The van der Waals surface area contributed by atoms with Crippen molar-refractivity contribution in [2.45, 2.75) is 32.6 Å². The highest BCUT2D eigenvalue weighted by Gasteiger charge is 2.31. The number of hydrogen-bond acceptors (Lipinski definition) is 10. The average Bonchev–Trinajstić information content (AvgIpc) is 3.33. The van der Waals surface area contributed by atoms with Crippen LogP contribution in [0.5, 0.6) is 0 Å². The molecule has 1 fully saturated rings. The van der Waals surface area contributed by atoms with Crippen molar-refractivity contribution < 1.29 is 9.53 Å². The maximum absolute atomic E-state index is 11.9. The molecule has 1 saturated carbocycles. The number of nitrogens with zero attached hydrogens (tertiary/aromatic N) is 4. The number of aromatic nitrogens is 4. The van der Waals surface area contributed by atoms with Gasteiger partial charge in [0.1, 0.15) is 0 Å². The maximum atomic E-state index is 11.9. The van der Waals surface area contributed by atoms with Gasteiger partial charge in [-0.25, -0.2) is 14.8 Å². The SMILES string of the molecule is CCOC(=O)c1csc(Nc2nnc(Nc3nc4ccccc4s3)c(C)c2C2CC2)n1. The van der Waals surface area contributed by atoms with Gasteiger partial charge >= 0.3 is 5.97 Å². The van der Waals surface area contributed by atoms with E-state index in [1.165, 1.54) is 11.3 Å². The highest BCUT2D eigenvalue weighted by molar-refractivity contribution is 7.22. The molecule has 0 unspecified atom stereocenters. The van der Waals surface area contributed by atoms with Crippen molar-refractivity contribution in [1.82, 2.24) is 20.2 Å². The molecule has 1 aromatic carbocycles. The summed E-state index contributed by atoms with van der Waals surface area (Å²) in [6, 6.07) is 8.04. The minimum atomic E-state index is -0.424. The van der Waals surface area contributed by atoms with Gasteiger partial charge in [-0.15, -0.1) is 21.5 Å². The van der Waals surface area contributed by atoms with Crippen LogP contribution in [-0.2, 0) is 4.74 Å². The molecular formula is C21H20N6O2S2. The van der Waals surface area contributed by atoms with Crippen LogP contribution in [0.4, 0.5) is 21.9 Å². The number of thiazole rings is 2. The van der Waals surface area contributed by atoms with Crippen molar-refractivity contribution in [3.63, 3.8) is 0 Å². The first kappa shape index (κ1) is 19.8. The van der Waals surface area contributed by atoms with Crippen molar-refractivity contribution in [3.8, 4) is 0 Å². The Hall–Kier alpha value is -3.11. The normalized spacial score (nSPS) is 13.4. The van der Waals surface area contributed by atoms with Gasteiger partial charge in [0.15, 0.2) is 27.6 Å². The molecule has 0 spiro atoms. The number of anilines is 4. The zero-order valence-electron chi connectivity index (χ0n) is 17.0. The van der Waals surface area contributed by atoms with E-state index in [4.69, 9.17) is 4.74 Å². The lowest BCUT2D eigenvalue weighted by Crippen LogP contribution is -2.08. The second kappa shape index (κ2) is 8.20. The molecule has 0 aliphatic heterocycles. The molecule has 0 bridgehead atoms. The van der Waals surface area contributed by atoms with Crippen molar-refractivity contribution in [3.05, 3.63) is 46.5 Å². The fraction of sp³-hybridized carbons (Fsp3) is 0.286. The third-order valence-corrected chi connectivity index (χ3v) is 6.69. The fourth-order valence-electron chi connectivity index (χ4n) is 3.37. The van der Waals surface area contributed by atoms with Gasteiger partial charge in [0, 0.05) is 16.5 Å². The molecule has 0 radical (unpaired) electrons. The molecular weight excluding hydrogens is 432 g/mol. The number of carbonyl (C=O) groups is 1. The van der Waals surface area contributed by atoms with Crippen molar-refractivity contribution >= 4 is 60.8 Å². The lowest BCUT2D eigenvalue weighted by atomic mass is 10.1. The monoisotopic (exact) mass is 452 g/mol. The van der Waals surface area contributed by atoms with E-state index in [-0.39, 0.29) is 0 Å². The summed E-state index contributed by atoms with van der Waals surface area (Å²) in [4.78, 5) is 20.9. The highest BCUT2D eigenvalue weighted by Crippen LogP contribution is 2.46. The van der Waals surface area contributed by atoms with Gasteiger partial charge in [-0.1, -0.05) is 23.5 Å². The first-order valence-electron chi connectivity index (χ1n) is 10.0. The van der Waals surface area contributed by atoms with Crippen LogP contribution in [0.1, 0.15) is 47.3 Å². The minimum Gasteiger partial charge on any atom is -0.461 e. The largest absolute Gasteiger partial charge is 0.461 e. The van der Waals surface area contributed by atoms with Crippen molar-refractivity contribution in [2.75, 3.05) is 17.2 Å². The van der Waals surface area contributed by atoms with E-state index in [0.29, 0.717) is 35.0 Å². The standard InChI is InChI=1S/C21H20N6O2S2/c1-3-29-19(28)14-10-30-20(23-14)25-18-16(12-8-9-12)11(2)17(26-27-18)24-21-22-13-6-4-5-7-15(13)31-21/h4-7,10,12H,3,8-9H2,1-2H3,(H,22,24,26)(H,23,25,27). The number of rotatable bonds is 7. The molecule has 0 atom stereocenters. The van der Waals surface area contributed by atoms with Gasteiger partial charge in [0.25, 0.3) is 0 Å². The van der Waals surface area contributed by atoms with Crippen molar-refractivity contribution in [2.24, 2.45) is 0 Å². The Morgan fingerprint density at radius 1 is 1.13 bits per heavy atom. The van der Waals surface area contributed by atoms with Crippen LogP contribution in [0.2, 0.25) is 0 Å². The summed E-state index contributed by atoms with van der Waals surface area (Å²) < 4.78 is 6.14. The first-order valence-corrected chi connectivity index (χ1v) is 11.7. The summed E-state index contributed by atoms with van der Waals surface area (Å²) in [6.07, 6.45) is 2.24. The number of benzene rings is 1. The van der Waals surface area contributed by atoms with Gasteiger partial charge in [-0.05, 0) is 44.7 Å². The topological polar surface area (TPSA) is 102 Å². The van der Waals surface area contributed by atoms with E-state index in [2.05, 4.69) is 43.8 Å². The van der Waals surface area contributed by atoms with E-state index < -0.39 is 5.97 Å². The molecule has 2 N–H and O–H groups in total. The number of ether oxygens (including phenoxy) is 1. The first-order chi connectivity index (χ1) is 15.1. The van der Waals surface area contributed by atoms with Gasteiger partial charge in [0.05, 0.1) is 16.8 Å². The number of hydrogen-bond donors (Lipinski definition) is 2. The van der Waals surface area contributed by atoms with Gasteiger partial charge in [0.2, 0.25) is 0 Å². The predicted molar refractivity (Wildman–Crippen MR) is 123 cm³/mol. The molecule has 3 aromatic heterocycles. The Morgan fingerprint density at radius 3 is 2.68 bits per heavy atom. The Labute approximate surface area is 186 Å². The van der Waals surface area contributed by atoms with E-state index in [9.17, 15) is 4.79 Å². The number of esters is 1. The summed E-state index contributed by atoms with van der Waals surface area (Å²) in [5, 5.41) is 18.5. The van der Waals surface area contributed by atoms with E-state index in [0.717, 1.165) is 39.3 Å². The summed E-state index contributed by atoms with van der Waals surface area (Å²) in [5.41, 5.74) is 3.43. The lowest BCUT2D eigenvalue weighted by Gasteiger charge is -2.14. The number of carbonyl (C=O) groups excluding carboxylic acids is 1. The lowest BCUT2D eigenvalue weighted by molar-refractivity contribution is 0.0520. The quantitative estimate of drug-likeness (QED) is 0.360. The maximum Gasteiger partial charge on any atom is 0.357 e. The van der Waals surface area contributed by atoms with Crippen LogP contribution in [0.3, 0.4) is 0 Å². The molecule has 8 nitrogen and oxygen atoms in total. The van der Waals surface area contributed by atoms with E-state index >= 15 is 0 Å². The third-order valence-electron chi connectivity index (χ3n) is 4.98. The zero-order valence-corrected chi connectivity index (χ0v) is 18.6. The Bertz CT molecular complexity index is 1230. The van der Waals surface area contributed by atoms with Crippen molar-refractivity contribution in [1.29, 1.82) is 0 Å². The molecule has 10 heteroatoms. The molecule has 0 amide bonds. The van der Waals surface area contributed by atoms with Crippen LogP contribution in [-0.4, -0.2) is 32.7 Å². The Balaban J connectivity index is 1.42. The van der Waals surface area contributed by atoms with E-state index in [1.54, 1.807) is 23.6 Å². The zero-order chi connectivity index (χ0) is 21.4. The number of para-hydroxylation sites is 1. The summed E-state index contributed by atoms with van der Waals surface area (Å²) in [7, 11) is 0. The second-order valence-electron chi connectivity index (χ2n) is 7.21. The minimum absolute atomic E-state index is 0.293. The second-order valence-corrected chi connectivity index (χ2v) is 9.09. The summed E-state index contributed by atoms with van der Waals surface area (Å²) >= 11 is 2.93. The van der Waals surface area contributed by atoms with Gasteiger partial charge in [-0.3, -0.25) is 0 Å². The van der Waals surface area contributed by atoms with Crippen LogP contribution in [0.15, 0.2) is 29.6 Å². The molecule has 1 aliphatic carbocycles. The third kappa shape index (κ3) is 4.08. The number of fused-ring (bicyclic) bond motifs is 1. The van der Waals surface area contributed by atoms with Crippen LogP contribution in [0, 0.1) is 6.92 Å². The fourth-order valence-corrected chi connectivity index (χ4v) is 4.92. The summed E-state index contributed by atoms with van der Waals surface area (Å²) in [5.74, 6) is 1.41. The molecule has 4 aromatic rings. The predicted octanol–water partition coefficient (Wildman–Crippen LogP) is 5.39. The van der Waals surface area contributed by atoms with Gasteiger partial charge < -0.3 is 15.4 Å². The molecule has 5 rings (SSSR count). The smallest absolute Gasteiger partial charge is 0.357 e. The molecule has 1 aliphatic rings. The van der Waals surface area contributed by atoms with Crippen LogP contribution < -0.4 is 10.6 Å². The molecule has 31 heavy (non-hydrogen) atoms. The van der Waals surface area contributed by atoms with Crippen LogP contribution in [0.25, 0.3) is 10.2 Å². The molecule has 3 heterocycles. The highest BCUT2D eigenvalue weighted by atomic mass is 32.1. The Kier molecular flexibility index (Phi) is 5.24. The summed E-state index contributed by atoms with van der Waals surface area (Å²) in [6.45, 7) is 4.14. The number of nitrogens with one attached hydrogen (secondary N) is 2. The Morgan fingerprint density at radius 2 is 1.90 bits per heavy atom. The van der Waals surface area contributed by atoms with E-state index in [1.807, 2.05) is 18.2 Å².